The van der Waals surface area contributed by atoms with E-state index in [0.29, 0.717) is 16.8 Å². The van der Waals surface area contributed by atoms with E-state index in [0.717, 1.165) is 12.0 Å². The van der Waals surface area contributed by atoms with Gasteiger partial charge in [-0.05, 0) is 24.0 Å². The van der Waals surface area contributed by atoms with E-state index >= 15 is 0 Å². The molecule has 116 valence electrons. The Labute approximate surface area is 135 Å². The molecule has 0 unspecified atom stereocenters. The summed E-state index contributed by atoms with van der Waals surface area (Å²) >= 11 is 1.35. The highest BCUT2D eigenvalue weighted by atomic mass is 32.2. The quantitative estimate of drug-likeness (QED) is 0.628. The van der Waals surface area contributed by atoms with Crippen molar-refractivity contribution in [3.8, 4) is 0 Å². The van der Waals surface area contributed by atoms with Crippen LogP contribution in [0.25, 0.3) is 0 Å². The van der Waals surface area contributed by atoms with Gasteiger partial charge in [-0.3, -0.25) is 4.79 Å². The molecule has 0 spiro atoms. The van der Waals surface area contributed by atoms with Gasteiger partial charge in [-0.15, -0.1) is 0 Å². The van der Waals surface area contributed by atoms with Crippen molar-refractivity contribution in [1.82, 2.24) is 15.3 Å². The highest BCUT2D eigenvalue weighted by molar-refractivity contribution is 7.99. The van der Waals surface area contributed by atoms with Crippen LogP contribution >= 0.6 is 11.8 Å². The van der Waals surface area contributed by atoms with Gasteiger partial charge >= 0.3 is 0 Å². The van der Waals surface area contributed by atoms with Gasteiger partial charge in [0, 0.05) is 12.4 Å². The van der Waals surface area contributed by atoms with Crippen LogP contribution in [-0.2, 0) is 4.79 Å². The summed E-state index contributed by atoms with van der Waals surface area (Å²) in [6.45, 7) is 4.32. The second-order valence-electron chi connectivity index (χ2n) is 5.48. The van der Waals surface area contributed by atoms with Crippen molar-refractivity contribution in [2.75, 3.05) is 5.75 Å². The van der Waals surface area contributed by atoms with Gasteiger partial charge in [-0.25, -0.2) is 9.97 Å². The summed E-state index contributed by atoms with van der Waals surface area (Å²) in [4.78, 5) is 20.4. The number of nitrogens with one attached hydrogen (secondary N) is 1. The first-order chi connectivity index (χ1) is 10.6. The summed E-state index contributed by atoms with van der Waals surface area (Å²) in [5.74, 6) is 0.841. The monoisotopic (exact) mass is 315 g/mol. The topological polar surface area (TPSA) is 54.9 Å². The van der Waals surface area contributed by atoms with Crippen molar-refractivity contribution in [3.05, 3.63) is 54.4 Å². The number of hydrogen-bond donors (Lipinski definition) is 1. The average molecular weight is 315 g/mol. The highest BCUT2D eigenvalue weighted by Crippen LogP contribution is 2.21. The van der Waals surface area contributed by atoms with Gasteiger partial charge in [0.05, 0.1) is 11.8 Å². The molecule has 4 nitrogen and oxygen atoms in total. The molecular formula is C17H21N3OS. The standard InChI is InChI=1S/C17H21N3OS/c1-13(2)11-15(14-7-4-3-5-8-14)20-16(21)12-22-17-18-9-6-10-19-17/h3-10,13,15H,11-12H2,1-2H3,(H,20,21)/t15-/m0/s1. The van der Waals surface area contributed by atoms with Crippen LogP contribution in [-0.4, -0.2) is 21.6 Å². The SMILES string of the molecule is CC(C)C[C@H](NC(=O)CSc1ncccn1)c1ccccc1. The Bertz CT molecular complexity index is 575. The zero-order chi connectivity index (χ0) is 15.8. The van der Waals surface area contributed by atoms with E-state index in [4.69, 9.17) is 0 Å². The molecular weight excluding hydrogens is 294 g/mol. The van der Waals surface area contributed by atoms with Crippen LogP contribution in [0.4, 0.5) is 0 Å². The van der Waals surface area contributed by atoms with E-state index in [2.05, 4.69) is 41.3 Å². The molecule has 2 aromatic rings. The normalized spacial score (nSPS) is 12.1. The summed E-state index contributed by atoms with van der Waals surface area (Å²) in [5, 5.41) is 3.74. The fourth-order valence-corrected chi connectivity index (χ4v) is 2.78. The third kappa shape index (κ3) is 5.48. The van der Waals surface area contributed by atoms with Gasteiger partial charge in [0.25, 0.3) is 0 Å². The van der Waals surface area contributed by atoms with Crippen molar-refractivity contribution in [2.45, 2.75) is 31.5 Å². The Morgan fingerprint density at radius 3 is 2.45 bits per heavy atom. The number of carbonyl (C=O) groups is 1. The van der Waals surface area contributed by atoms with Crippen LogP contribution in [0.2, 0.25) is 0 Å². The summed E-state index contributed by atoms with van der Waals surface area (Å²) in [7, 11) is 0. The predicted octanol–water partition coefficient (Wildman–Crippen LogP) is 3.47. The summed E-state index contributed by atoms with van der Waals surface area (Å²) in [6.07, 6.45) is 4.28. The van der Waals surface area contributed by atoms with Crippen LogP contribution in [0.3, 0.4) is 0 Å². The number of rotatable bonds is 7. The maximum Gasteiger partial charge on any atom is 0.230 e. The molecule has 1 N–H and O–H groups in total. The molecule has 0 aliphatic carbocycles. The molecule has 1 aromatic heterocycles. The number of carbonyl (C=O) groups excluding carboxylic acids is 1. The third-order valence-electron chi connectivity index (χ3n) is 3.12. The van der Waals surface area contributed by atoms with E-state index in [1.54, 1.807) is 18.5 Å². The van der Waals surface area contributed by atoms with Crippen LogP contribution in [0.15, 0.2) is 53.9 Å². The number of amides is 1. The molecule has 5 heteroatoms. The van der Waals surface area contributed by atoms with Crippen molar-refractivity contribution in [2.24, 2.45) is 5.92 Å². The van der Waals surface area contributed by atoms with Gasteiger partial charge in [-0.1, -0.05) is 55.9 Å². The lowest BCUT2D eigenvalue weighted by atomic mass is 9.97. The van der Waals surface area contributed by atoms with E-state index in [1.807, 2.05) is 18.2 Å². The molecule has 1 atom stereocenters. The highest BCUT2D eigenvalue weighted by Gasteiger charge is 2.16. The predicted molar refractivity (Wildman–Crippen MR) is 89.5 cm³/mol. The lowest BCUT2D eigenvalue weighted by Gasteiger charge is -2.21. The fourth-order valence-electron chi connectivity index (χ4n) is 2.16. The number of thioether (sulfide) groups is 1. The van der Waals surface area contributed by atoms with Crippen LogP contribution in [0.1, 0.15) is 31.9 Å². The molecule has 0 aliphatic heterocycles. The molecule has 0 bridgehead atoms. The van der Waals surface area contributed by atoms with E-state index in [1.165, 1.54) is 11.8 Å². The van der Waals surface area contributed by atoms with E-state index < -0.39 is 0 Å². The Hall–Kier alpha value is -1.88. The third-order valence-corrected chi connectivity index (χ3v) is 3.99. The minimum atomic E-state index is 0.00644. The number of hydrogen-bond acceptors (Lipinski definition) is 4. The zero-order valence-electron chi connectivity index (χ0n) is 12.9. The van der Waals surface area contributed by atoms with Crippen LogP contribution in [0, 0.1) is 5.92 Å². The maximum atomic E-state index is 12.2. The minimum Gasteiger partial charge on any atom is -0.349 e. The van der Waals surface area contributed by atoms with Gasteiger partial charge in [0.2, 0.25) is 5.91 Å². The lowest BCUT2D eigenvalue weighted by molar-refractivity contribution is -0.119. The molecule has 2 rings (SSSR count). The molecule has 0 saturated carbocycles. The summed E-state index contributed by atoms with van der Waals surface area (Å²) in [6, 6.07) is 11.9. The Morgan fingerprint density at radius 1 is 1.14 bits per heavy atom. The molecule has 0 aliphatic rings. The largest absolute Gasteiger partial charge is 0.349 e. The van der Waals surface area contributed by atoms with Crippen LogP contribution in [0.5, 0.6) is 0 Å². The number of nitrogens with zero attached hydrogens (tertiary/aromatic N) is 2. The Balaban J connectivity index is 1.93. The Kier molecular flexibility index (Phi) is 6.40. The second-order valence-corrected chi connectivity index (χ2v) is 6.42. The average Bonchev–Trinajstić information content (AvgIpc) is 2.54. The Morgan fingerprint density at radius 2 is 1.82 bits per heavy atom. The minimum absolute atomic E-state index is 0.00644. The van der Waals surface area contributed by atoms with Gasteiger partial charge in [0.15, 0.2) is 5.16 Å². The molecule has 1 aromatic carbocycles. The van der Waals surface area contributed by atoms with Crippen molar-refractivity contribution >= 4 is 17.7 Å². The molecule has 0 radical (unpaired) electrons. The second kappa shape index (κ2) is 8.54. The smallest absolute Gasteiger partial charge is 0.230 e. The fraction of sp³-hybridized carbons (Fsp3) is 0.353. The number of aromatic nitrogens is 2. The maximum absolute atomic E-state index is 12.2. The van der Waals surface area contributed by atoms with Crippen LogP contribution < -0.4 is 5.32 Å². The van der Waals surface area contributed by atoms with Gasteiger partial charge in [-0.2, -0.15) is 0 Å². The van der Waals surface area contributed by atoms with E-state index in [9.17, 15) is 4.79 Å². The zero-order valence-corrected chi connectivity index (χ0v) is 13.7. The van der Waals surface area contributed by atoms with Crippen molar-refractivity contribution in [1.29, 1.82) is 0 Å². The molecule has 1 heterocycles. The van der Waals surface area contributed by atoms with Gasteiger partial charge < -0.3 is 5.32 Å². The summed E-state index contributed by atoms with van der Waals surface area (Å²) < 4.78 is 0. The molecule has 22 heavy (non-hydrogen) atoms. The molecule has 1 amide bonds. The summed E-state index contributed by atoms with van der Waals surface area (Å²) in [5.41, 5.74) is 1.14. The molecule has 0 saturated heterocycles. The first-order valence-electron chi connectivity index (χ1n) is 7.39. The first kappa shape index (κ1) is 16.5. The van der Waals surface area contributed by atoms with Gasteiger partial charge in [0.1, 0.15) is 0 Å². The first-order valence-corrected chi connectivity index (χ1v) is 8.38. The lowest BCUT2D eigenvalue weighted by Crippen LogP contribution is -2.30. The molecule has 0 fully saturated rings. The van der Waals surface area contributed by atoms with Crippen molar-refractivity contribution < 1.29 is 4.79 Å². The van der Waals surface area contributed by atoms with E-state index in [-0.39, 0.29) is 11.9 Å². The van der Waals surface area contributed by atoms with Crippen molar-refractivity contribution in [3.63, 3.8) is 0 Å². The number of benzene rings is 1.